The third-order valence-corrected chi connectivity index (χ3v) is 3.19. The molecule has 0 atom stereocenters. The van der Waals surface area contributed by atoms with E-state index >= 15 is 0 Å². The van der Waals surface area contributed by atoms with Gasteiger partial charge < -0.3 is 5.73 Å². The van der Waals surface area contributed by atoms with Gasteiger partial charge in [-0.2, -0.15) is 5.10 Å². The summed E-state index contributed by atoms with van der Waals surface area (Å²) in [5, 5.41) is 10.6. The lowest BCUT2D eigenvalue weighted by Gasteiger charge is -2.06. The van der Waals surface area contributed by atoms with Gasteiger partial charge in [0.15, 0.2) is 0 Å². The van der Waals surface area contributed by atoms with E-state index in [0.29, 0.717) is 12.2 Å². The van der Waals surface area contributed by atoms with Gasteiger partial charge in [0.25, 0.3) is 0 Å². The molecule has 5 nitrogen and oxygen atoms in total. The van der Waals surface area contributed by atoms with E-state index in [0.717, 1.165) is 27.6 Å². The Labute approximate surface area is 109 Å². The van der Waals surface area contributed by atoms with Gasteiger partial charge in [0.1, 0.15) is 5.69 Å². The van der Waals surface area contributed by atoms with E-state index in [9.17, 15) is 4.91 Å². The van der Waals surface area contributed by atoms with Crippen molar-refractivity contribution < 1.29 is 0 Å². The monoisotopic (exact) mass is 252 g/mol. The van der Waals surface area contributed by atoms with Crippen molar-refractivity contribution in [1.82, 2.24) is 10.2 Å². The molecule has 0 unspecified atom stereocenters. The molecule has 0 amide bonds. The predicted octanol–water partition coefficient (Wildman–Crippen LogP) is 3.09. The maximum atomic E-state index is 11.1. The fraction of sp³-hybridized carbons (Fsp3) is 0.0714. The lowest BCUT2D eigenvalue weighted by molar-refractivity contribution is 1.07. The maximum absolute atomic E-state index is 11.1. The Balaban J connectivity index is 2.20. The molecule has 1 heterocycles. The van der Waals surface area contributed by atoms with Crippen LogP contribution in [0.1, 0.15) is 5.56 Å². The molecular formula is C14H12N4O. The number of rotatable bonds is 3. The number of nitroso groups, excluding NO2 is 1. The van der Waals surface area contributed by atoms with Crippen LogP contribution in [0.25, 0.3) is 22.0 Å². The fourth-order valence-electron chi connectivity index (χ4n) is 2.15. The zero-order chi connectivity index (χ0) is 13.2. The lowest BCUT2D eigenvalue weighted by Crippen LogP contribution is -1.95. The highest BCUT2D eigenvalue weighted by molar-refractivity contribution is 5.98. The number of nitrogens with two attached hydrogens (primary N) is 1. The predicted molar refractivity (Wildman–Crippen MR) is 74.9 cm³/mol. The van der Waals surface area contributed by atoms with E-state index < -0.39 is 0 Å². The molecule has 3 aromatic rings. The van der Waals surface area contributed by atoms with Crippen LogP contribution in [-0.4, -0.2) is 10.2 Å². The second-order valence-electron chi connectivity index (χ2n) is 4.29. The van der Waals surface area contributed by atoms with Crippen LogP contribution in [-0.2, 0) is 6.54 Å². The molecule has 0 saturated carbocycles. The molecule has 3 rings (SSSR count). The zero-order valence-corrected chi connectivity index (χ0v) is 10.1. The molecule has 0 spiro atoms. The lowest BCUT2D eigenvalue weighted by atomic mass is 10.0. The summed E-state index contributed by atoms with van der Waals surface area (Å²) < 4.78 is 0. The topological polar surface area (TPSA) is 84.1 Å². The average Bonchev–Trinajstić information content (AvgIpc) is 2.94. The normalized spacial score (nSPS) is 10.8. The minimum Gasteiger partial charge on any atom is -0.326 e. The van der Waals surface area contributed by atoms with Crippen molar-refractivity contribution >= 4 is 16.6 Å². The Morgan fingerprint density at radius 2 is 1.95 bits per heavy atom. The van der Waals surface area contributed by atoms with Gasteiger partial charge in [-0.25, -0.2) is 0 Å². The van der Waals surface area contributed by atoms with E-state index in [1.165, 1.54) is 0 Å². The van der Waals surface area contributed by atoms with Gasteiger partial charge in [-0.05, 0) is 28.4 Å². The van der Waals surface area contributed by atoms with Crippen molar-refractivity contribution in [2.24, 2.45) is 10.9 Å². The minimum absolute atomic E-state index is 0.409. The summed E-state index contributed by atoms with van der Waals surface area (Å²) in [6, 6.07) is 11.5. The number of hydrogen-bond donors (Lipinski definition) is 2. The molecule has 0 radical (unpaired) electrons. The number of benzene rings is 2. The second-order valence-corrected chi connectivity index (χ2v) is 4.29. The average molecular weight is 252 g/mol. The van der Waals surface area contributed by atoms with E-state index in [1.54, 1.807) is 6.20 Å². The van der Waals surface area contributed by atoms with Gasteiger partial charge in [0, 0.05) is 17.5 Å². The molecule has 2 aromatic carbocycles. The molecular weight excluding hydrogens is 240 g/mol. The molecule has 94 valence electrons. The Bertz CT molecular complexity index is 731. The van der Waals surface area contributed by atoms with Gasteiger partial charge in [0.2, 0.25) is 0 Å². The number of aromatic amines is 1. The van der Waals surface area contributed by atoms with Crippen molar-refractivity contribution in [2.75, 3.05) is 0 Å². The van der Waals surface area contributed by atoms with Crippen LogP contribution in [0.2, 0.25) is 0 Å². The van der Waals surface area contributed by atoms with E-state index in [4.69, 9.17) is 5.73 Å². The summed E-state index contributed by atoms with van der Waals surface area (Å²) in [6.45, 7) is 0.500. The zero-order valence-electron chi connectivity index (χ0n) is 10.1. The standard InChI is InChI=1S/C14H12N4O/c15-7-9-1-3-10(4-2-9)11-5-6-13-12(8-16-17-13)14(11)18-19/h1-6,8H,7,15H2,(H,16,17). The quantitative estimate of drug-likeness (QED) is 0.702. The summed E-state index contributed by atoms with van der Waals surface area (Å²) in [5.74, 6) is 0. The summed E-state index contributed by atoms with van der Waals surface area (Å²) in [7, 11) is 0. The van der Waals surface area contributed by atoms with Crippen LogP contribution < -0.4 is 5.73 Å². The van der Waals surface area contributed by atoms with Gasteiger partial charge in [-0.15, -0.1) is 4.91 Å². The highest BCUT2D eigenvalue weighted by Gasteiger charge is 2.11. The first-order valence-corrected chi connectivity index (χ1v) is 5.92. The van der Waals surface area contributed by atoms with Crippen LogP contribution in [0.3, 0.4) is 0 Å². The molecule has 0 fully saturated rings. The summed E-state index contributed by atoms with van der Waals surface area (Å²) >= 11 is 0. The van der Waals surface area contributed by atoms with Crippen LogP contribution in [0.4, 0.5) is 5.69 Å². The number of nitrogens with one attached hydrogen (secondary N) is 1. The Morgan fingerprint density at radius 1 is 1.16 bits per heavy atom. The van der Waals surface area contributed by atoms with Crippen molar-refractivity contribution in [3.63, 3.8) is 0 Å². The maximum Gasteiger partial charge on any atom is 0.126 e. The first-order valence-electron chi connectivity index (χ1n) is 5.92. The summed E-state index contributed by atoms with van der Waals surface area (Å²) in [6.07, 6.45) is 1.61. The van der Waals surface area contributed by atoms with Crippen molar-refractivity contribution in [2.45, 2.75) is 6.54 Å². The minimum atomic E-state index is 0.409. The highest BCUT2D eigenvalue weighted by atomic mass is 16.3. The van der Waals surface area contributed by atoms with Gasteiger partial charge >= 0.3 is 0 Å². The van der Waals surface area contributed by atoms with Crippen LogP contribution in [0.5, 0.6) is 0 Å². The van der Waals surface area contributed by atoms with E-state index in [-0.39, 0.29) is 0 Å². The summed E-state index contributed by atoms with van der Waals surface area (Å²) in [4.78, 5) is 11.1. The third-order valence-electron chi connectivity index (χ3n) is 3.19. The number of fused-ring (bicyclic) bond motifs is 1. The van der Waals surface area contributed by atoms with Crippen LogP contribution in [0, 0.1) is 4.91 Å². The fourth-order valence-corrected chi connectivity index (χ4v) is 2.15. The Morgan fingerprint density at radius 3 is 2.63 bits per heavy atom. The molecule has 0 saturated heterocycles. The third kappa shape index (κ3) is 1.90. The van der Waals surface area contributed by atoms with Crippen LogP contribution >= 0.6 is 0 Å². The van der Waals surface area contributed by atoms with Crippen LogP contribution in [0.15, 0.2) is 47.8 Å². The molecule has 1 aromatic heterocycles. The molecule has 19 heavy (non-hydrogen) atoms. The first kappa shape index (κ1) is 11.6. The molecule has 0 aliphatic carbocycles. The number of aromatic nitrogens is 2. The molecule has 0 aliphatic heterocycles. The van der Waals surface area contributed by atoms with Crippen molar-refractivity contribution in [1.29, 1.82) is 0 Å². The van der Waals surface area contributed by atoms with E-state index in [1.807, 2.05) is 36.4 Å². The Kier molecular flexibility index (Phi) is 2.81. The number of hydrogen-bond acceptors (Lipinski definition) is 4. The van der Waals surface area contributed by atoms with Gasteiger partial charge in [-0.1, -0.05) is 24.3 Å². The molecule has 0 bridgehead atoms. The van der Waals surface area contributed by atoms with Gasteiger partial charge in [0.05, 0.1) is 11.7 Å². The molecule has 0 aliphatic rings. The van der Waals surface area contributed by atoms with E-state index in [2.05, 4.69) is 15.4 Å². The van der Waals surface area contributed by atoms with Gasteiger partial charge in [-0.3, -0.25) is 5.10 Å². The number of H-pyrrole nitrogens is 1. The molecule has 3 N–H and O–H groups in total. The molecule has 5 heteroatoms. The number of nitrogens with zero attached hydrogens (tertiary/aromatic N) is 2. The van der Waals surface area contributed by atoms with Crippen molar-refractivity contribution in [3.8, 4) is 11.1 Å². The smallest absolute Gasteiger partial charge is 0.126 e. The second kappa shape index (κ2) is 4.62. The SMILES string of the molecule is NCc1ccc(-c2ccc3[nH]ncc3c2N=O)cc1. The Hall–Kier alpha value is -2.53. The summed E-state index contributed by atoms with van der Waals surface area (Å²) in [5.41, 5.74) is 9.57. The highest BCUT2D eigenvalue weighted by Crippen LogP contribution is 2.36. The largest absolute Gasteiger partial charge is 0.326 e. The first-order chi connectivity index (χ1) is 9.33. The van der Waals surface area contributed by atoms with Crippen molar-refractivity contribution in [3.05, 3.63) is 53.1 Å².